The van der Waals surface area contributed by atoms with Gasteiger partial charge in [-0.2, -0.15) is 0 Å². The Morgan fingerprint density at radius 3 is 2.54 bits per heavy atom. The topological polar surface area (TPSA) is 49.8 Å². The smallest absolute Gasteiger partial charge is 0.160 e. The SMILES string of the molecule is Cc1nc(NCCc2cccc(Cl)c2)cc(Nc2ccc(F)c(F)c2)n1. The quantitative estimate of drug-likeness (QED) is 0.629. The molecule has 134 valence electrons. The van der Waals surface area contributed by atoms with Crippen LogP contribution in [-0.4, -0.2) is 16.5 Å². The molecule has 0 atom stereocenters. The average Bonchev–Trinajstić information content (AvgIpc) is 2.58. The number of hydrogen-bond donors (Lipinski definition) is 2. The molecule has 0 fully saturated rings. The van der Waals surface area contributed by atoms with Gasteiger partial charge in [0, 0.05) is 29.4 Å². The van der Waals surface area contributed by atoms with E-state index in [0.29, 0.717) is 34.7 Å². The lowest BCUT2D eigenvalue weighted by Gasteiger charge is -2.10. The van der Waals surface area contributed by atoms with Gasteiger partial charge in [0.05, 0.1) is 0 Å². The van der Waals surface area contributed by atoms with Gasteiger partial charge in [-0.3, -0.25) is 0 Å². The minimum atomic E-state index is -0.916. The Kier molecular flexibility index (Phi) is 5.63. The summed E-state index contributed by atoms with van der Waals surface area (Å²) >= 11 is 5.98. The van der Waals surface area contributed by atoms with Crippen molar-refractivity contribution in [1.29, 1.82) is 0 Å². The summed E-state index contributed by atoms with van der Waals surface area (Å²) in [6.07, 6.45) is 0.787. The number of rotatable bonds is 6. The van der Waals surface area contributed by atoms with Crippen LogP contribution < -0.4 is 10.6 Å². The summed E-state index contributed by atoms with van der Waals surface area (Å²) in [5, 5.41) is 6.89. The summed E-state index contributed by atoms with van der Waals surface area (Å²) in [4.78, 5) is 8.60. The van der Waals surface area contributed by atoms with Gasteiger partial charge in [0.1, 0.15) is 17.5 Å². The molecule has 3 rings (SSSR count). The normalized spacial score (nSPS) is 10.6. The van der Waals surface area contributed by atoms with Gasteiger partial charge in [-0.05, 0) is 43.2 Å². The molecule has 0 saturated heterocycles. The van der Waals surface area contributed by atoms with Gasteiger partial charge < -0.3 is 10.6 Å². The van der Waals surface area contributed by atoms with Crippen molar-refractivity contribution in [3.63, 3.8) is 0 Å². The summed E-state index contributed by atoms with van der Waals surface area (Å²) < 4.78 is 26.4. The fourth-order valence-electron chi connectivity index (χ4n) is 2.47. The van der Waals surface area contributed by atoms with Crippen molar-refractivity contribution in [2.24, 2.45) is 0 Å². The third-order valence-electron chi connectivity index (χ3n) is 3.64. The molecule has 4 nitrogen and oxygen atoms in total. The van der Waals surface area contributed by atoms with E-state index < -0.39 is 11.6 Å². The third kappa shape index (κ3) is 4.89. The number of benzene rings is 2. The number of aromatic nitrogens is 2. The molecule has 1 heterocycles. The van der Waals surface area contributed by atoms with Crippen LogP contribution in [-0.2, 0) is 6.42 Å². The largest absolute Gasteiger partial charge is 0.370 e. The fourth-order valence-corrected chi connectivity index (χ4v) is 2.68. The van der Waals surface area contributed by atoms with Crippen LogP contribution in [0.3, 0.4) is 0 Å². The highest BCUT2D eigenvalue weighted by Crippen LogP contribution is 2.20. The zero-order chi connectivity index (χ0) is 18.5. The Hall–Kier alpha value is -2.73. The first-order valence-corrected chi connectivity index (χ1v) is 8.43. The van der Waals surface area contributed by atoms with Crippen LogP contribution in [0.4, 0.5) is 26.1 Å². The van der Waals surface area contributed by atoms with Gasteiger partial charge in [0.2, 0.25) is 0 Å². The molecule has 26 heavy (non-hydrogen) atoms. The van der Waals surface area contributed by atoms with Gasteiger partial charge in [0.25, 0.3) is 0 Å². The van der Waals surface area contributed by atoms with E-state index in [1.807, 2.05) is 24.3 Å². The monoisotopic (exact) mass is 374 g/mol. The number of hydrogen-bond acceptors (Lipinski definition) is 4. The summed E-state index contributed by atoms with van der Waals surface area (Å²) in [5.41, 5.74) is 1.53. The maximum atomic E-state index is 13.3. The first-order valence-electron chi connectivity index (χ1n) is 8.06. The second kappa shape index (κ2) is 8.10. The minimum absolute atomic E-state index is 0.409. The van der Waals surface area contributed by atoms with Crippen molar-refractivity contribution in [1.82, 2.24) is 9.97 Å². The lowest BCUT2D eigenvalue weighted by atomic mass is 10.1. The number of halogens is 3. The second-order valence-electron chi connectivity index (χ2n) is 5.75. The second-order valence-corrected chi connectivity index (χ2v) is 6.18. The number of aryl methyl sites for hydroxylation is 1. The van der Waals surface area contributed by atoms with Crippen molar-refractivity contribution in [2.75, 3.05) is 17.2 Å². The van der Waals surface area contributed by atoms with E-state index in [1.165, 1.54) is 6.07 Å². The molecule has 0 aliphatic carbocycles. The van der Waals surface area contributed by atoms with Crippen molar-refractivity contribution in [3.05, 3.63) is 76.6 Å². The highest BCUT2D eigenvalue weighted by atomic mass is 35.5. The van der Waals surface area contributed by atoms with E-state index in [-0.39, 0.29) is 0 Å². The molecule has 0 unspecified atom stereocenters. The molecule has 2 N–H and O–H groups in total. The Morgan fingerprint density at radius 2 is 1.77 bits per heavy atom. The molecule has 0 amide bonds. The van der Waals surface area contributed by atoms with Crippen molar-refractivity contribution in [3.8, 4) is 0 Å². The lowest BCUT2D eigenvalue weighted by molar-refractivity contribution is 0.509. The van der Waals surface area contributed by atoms with Crippen molar-refractivity contribution < 1.29 is 8.78 Å². The molecule has 0 bridgehead atoms. The first-order chi connectivity index (χ1) is 12.5. The molecule has 0 aliphatic rings. The number of nitrogens with zero attached hydrogens (tertiary/aromatic N) is 2. The molecule has 7 heteroatoms. The fraction of sp³-hybridized carbons (Fsp3) is 0.158. The maximum Gasteiger partial charge on any atom is 0.160 e. The predicted octanol–water partition coefficient (Wildman–Crippen LogP) is 5.11. The van der Waals surface area contributed by atoms with E-state index >= 15 is 0 Å². The van der Waals surface area contributed by atoms with Crippen LogP contribution in [0, 0.1) is 18.6 Å². The van der Waals surface area contributed by atoms with Gasteiger partial charge in [-0.25, -0.2) is 18.7 Å². The molecule has 0 spiro atoms. The molecule has 1 aromatic heterocycles. The molecule has 0 radical (unpaired) electrons. The lowest BCUT2D eigenvalue weighted by Crippen LogP contribution is -2.08. The van der Waals surface area contributed by atoms with Crippen molar-refractivity contribution >= 4 is 28.9 Å². The average molecular weight is 375 g/mol. The van der Waals surface area contributed by atoms with Crippen LogP contribution in [0.1, 0.15) is 11.4 Å². The van der Waals surface area contributed by atoms with E-state index in [9.17, 15) is 8.78 Å². The van der Waals surface area contributed by atoms with Crippen molar-refractivity contribution in [2.45, 2.75) is 13.3 Å². The number of nitrogens with one attached hydrogen (secondary N) is 2. The van der Waals surface area contributed by atoms with E-state index in [4.69, 9.17) is 11.6 Å². The molecule has 3 aromatic rings. The van der Waals surface area contributed by atoms with Crippen LogP contribution >= 0.6 is 11.6 Å². The Labute approximate surface area is 155 Å². The zero-order valence-electron chi connectivity index (χ0n) is 14.1. The third-order valence-corrected chi connectivity index (χ3v) is 3.87. The standard InChI is InChI=1S/C19H17ClF2N4/c1-12-24-18(23-8-7-13-3-2-4-14(20)9-13)11-19(25-12)26-15-5-6-16(21)17(22)10-15/h2-6,9-11H,7-8H2,1H3,(H2,23,24,25,26). The molecule has 0 aliphatic heterocycles. The highest BCUT2D eigenvalue weighted by Gasteiger charge is 2.06. The van der Waals surface area contributed by atoms with E-state index in [1.54, 1.807) is 13.0 Å². The molecule has 2 aromatic carbocycles. The van der Waals surface area contributed by atoms with Crippen LogP contribution in [0.15, 0.2) is 48.5 Å². The Bertz CT molecular complexity index is 918. The predicted molar refractivity (Wildman–Crippen MR) is 100 cm³/mol. The zero-order valence-corrected chi connectivity index (χ0v) is 14.8. The summed E-state index contributed by atoms with van der Waals surface area (Å²) in [6, 6.07) is 13.0. The number of anilines is 3. The molecule has 0 saturated carbocycles. The summed E-state index contributed by atoms with van der Waals surface area (Å²) in [6.45, 7) is 2.43. The maximum absolute atomic E-state index is 13.3. The highest BCUT2D eigenvalue weighted by molar-refractivity contribution is 6.30. The van der Waals surface area contributed by atoms with Gasteiger partial charge >= 0.3 is 0 Å². The first kappa shape index (κ1) is 18.1. The van der Waals surface area contributed by atoms with Gasteiger partial charge in [-0.1, -0.05) is 23.7 Å². The summed E-state index contributed by atoms with van der Waals surface area (Å²) in [7, 11) is 0. The molecular formula is C19H17ClF2N4. The van der Waals surface area contributed by atoms with Crippen LogP contribution in [0.5, 0.6) is 0 Å². The minimum Gasteiger partial charge on any atom is -0.370 e. The van der Waals surface area contributed by atoms with Gasteiger partial charge in [0.15, 0.2) is 11.6 Å². The summed E-state index contributed by atoms with van der Waals surface area (Å²) in [5.74, 6) is -0.111. The Balaban J connectivity index is 1.66. The van der Waals surface area contributed by atoms with Crippen LogP contribution in [0.2, 0.25) is 5.02 Å². The molecular weight excluding hydrogens is 358 g/mol. The van der Waals surface area contributed by atoms with Gasteiger partial charge in [-0.15, -0.1) is 0 Å². The van der Waals surface area contributed by atoms with E-state index in [2.05, 4.69) is 20.6 Å². The van der Waals surface area contributed by atoms with E-state index in [0.717, 1.165) is 24.1 Å². The van der Waals surface area contributed by atoms with Crippen LogP contribution in [0.25, 0.3) is 0 Å². The Morgan fingerprint density at radius 1 is 0.962 bits per heavy atom.